The molecule has 1 aliphatic carbocycles. The Bertz CT molecular complexity index is 775. The molecule has 0 spiro atoms. The Balaban J connectivity index is 1.47. The smallest absolute Gasteiger partial charge is 0.214 e. The Morgan fingerprint density at radius 3 is 2.62 bits per heavy atom. The Morgan fingerprint density at radius 1 is 1.17 bits per heavy atom. The van der Waals surface area contributed by atoms with Gasteiger partial charge in [0, 0.05) is 23.0 Å². The van der Waals surface area contributed by atoms with E-state index in [0.29, 0.717) is 5.92 Å². The minimum Gasteiger partial charge on any atom is -0.385 e. The van der Waals surface area contributed by atoms with Crippen LogP contribution in [0.25, 0.3) is 10.1 Å². The van der Waals surface area contributed by atoms with Crippen molar-refractivity contribution in [3.63, 3.8) is 0 Å². The minimum absolute atomic E-state index is 0.108. The largest absolute Gasteiger partial charge is 0.385 e. The fourth-order valence-electron chi connectivity index (χ4n) is 3.18. The third-order valence-electron chi connectivity index (χ3n) is 4.85. The summed E-state index contributed by atoms with van der Waals surface area (Å²) in [5.74, 6) is 0.615. The van der Waals surface area contributed by atoms with Crippen LogP contribution >= 0.6 is 11.3 Å². The molecule has 0 amide bonds. The Labute approximate surface area is 148 Å². The number of sulfonamides is 1. The maximum atomic E-state index is 12.0. The van der Waals surface area contributed by atoms with Gasteiger partial charge in [-0.3, -0.25) is 0 Å². The van der Waals surface area contributed by atoms with E-state index in [2.05, 4.69) is 39.7 Å². The fourth-order valence-corrected chi connectivity index (χ4v) is 4.98. The summed E-state index contributed by atoms with van der Waals surface area (Å²) in [6, 6.07) is 8.76. The lowest BCUT2D eigenvalue weighted by Gasteiger charge is -2.29. The molecule has 3 rings (SSSR count). The molecular weight excluding hydrogens is 340 g/mol. The number of thiophene rings is 1. The molecule has 4 nitrogen and oxygen atoms in total. The molecule has 0 atom stereocenters. The molecule has 1 aliphatic rings. The van der Waals surface area contributed by atoms with Crippen molar-refractivity contribution in [2.75, 3.05) is 11.9 Å². The third kappa shape index (κ3) is 4.29. The van der Waals surface area contributed by atoms with E-state index in [0.717, 1.165) is 32.2 Å². The van der Waals surface area contributed by atoms with Crippen LogP contribution in [0.3, 0.4) is 0 Å². The van der Waals surface area contributed by atoms with Crippen LogP contribution in [-0.4, -0.2) is 26.3 Å². The summed E-state index contributed by atoms with van der Waals surface area (Å²) < 4.78 is 28.1. The number of fused-ring (bicyclic) bond motifs is 1. The Morgan fingerprint density at radius 2 is 1.92 bits per heavy atom. The highest BCUT2D eigenvalue weighted by Crippen LogP contribution is 2.27. The molecule has 1 saturated carbocycles. The molecule has 24 heavy (non-hydrogen) atoms. The number of nitrogens with one attached hydrogen (secondary N) is 2. The van der Waals surface area contributed by atoms with Crippen molar-refractivity contribution in [3.8, 4) is 0 Å². The van der Waals surface area contributed by atoms with Crippen LogP contribution in [0.5, 0.6) is 0 Å². The fraction of sp³-hybridized carbons (Fsp3) is 0.556. The first-order valence-electron chi connectivity index (χ1n) is 8.66. The van der Waals surface area contributed by atoms with Gasteiger partial charge in [0.05, 0.1) is 5.25 Å². The van der Waals surface area contributed by atoms with Gasteiger partial charge in [-0.05, 0) is 74.4 Å². The molecule has 0 radical (unpaired) electrons. The van der Waals surface area contributed by atoms with Crippen LogP contribution in [0.15, 0.2) is 29.6 Å². The number of benzene rings is 1. The van der Waals surface area contributed by atoms with Crippen molar-refractivity contribution in [1.82, 2.24) is 4.72 Å². The molecular formula is C18H26N2O2S2. The highest BCUT2D eigenvalue weighted by atomic mass is 32.2. The molecule has 0 bridgehead atoms. The van der Waals surface area contributed by atoms with Crippen molar-refractivity contribution in [1.29, 1.82) is 0 Å². The number of hydrogen-bond acceptors (Lipinski definition) is 4. The van der Waals surface area contributed by atoms with Crippen molar-refractivity contribution in [2.45, 2.75) is 50.8 Å². The highest BCUT2D eigenvalue weighted by molar-refractivity contribution is 7.90. The first-order chi connectivity index (χ1) is 11.4. The van der Waals surface area contributed by atoms with Crippen LogP contribution in [0.4, 0.5) is 5.69 Å². The van der Waals surface area contributed by atoms with E-state index in [1.165, 1.54) is 15.8 Å². The van der Waals surface area contributed by atoms with Crippen LogP contribution in [0.1, 0.15) is 39.5 Å². The SMILES string of the molecule is CC(C)S(=O)(=O)N[C@H]1CC[C@H](CNc2ccc3ccsc3c2)CC1. The van der Waals surface area contributed by atoms with Gasteiger partial charge in [0.1, 0.15) is 0 Å². The van der Waals surface area contributed by atoms with Gasteiger partial charge in [-0.2, -0.15) is 0 Å². The normalized spacial score (nSPS) is 22.1. The standard InChI is InChI=1S/C18H26N2O2S2/c1-13(2)24(21,22)20-16-6-3-14(4-7-16)12-19-17-8-5-15-9-10-23-18(15)11-17/h5,8-11,13-14,16,19-20H,3-4,6-7,12H2,1-2H3/t14-,16-. The Kier molecular flexibility index (Phi) is 5.47. The quantitative estimate of drug-likeness (QED) is 0.805. The molecule has 1 fully saturated rings. The zero-order chi connectivity index (χ0) is 17.2. The van der Waals surface area contributed by atoms with E-state index < -0.39 is 10.0 Å². The second kappa shape index (κ2) is 7.42. The summed E-state index contributed by atoms with van der Waals surface area (Å²) in [6.45, 7) is 4.41. The lowest BCUT2D eigenvalue weighted by Crippen LogP contribution is -2.41. The molecule has 6 heteroatoms. The van der Waals surface area contributed by atoms with Gasteiger partial charge in [0.2, 0.25) is 10.0 Å². The average Bonchev–Trinajstić information content (AvgIpc) is 3.01. The first kappa shape index (κ1) is 17.7. The molecule has 2 N–H and O–H groups in total. The van der Waals surface area contributed by atoms with Gasteiger partial charge in [-0.1, -0.05) is 6.07 Å². The number of hydrogen-bond donors (Lipinski definition) is 2. The van der Waals surface area contributed by atoms with E-state index in [1.807, 2.05) is 0 Å². The summed E-state index contributed by atoms with van der Waals surface area (Å²) in [5.41, 5.74) is 1.17. The van der Waals surface area contributed by atoms with Crippen LogP contribution in [-0.2, 0) is 10.0 Å². The zero-order valence-electron chi connectivity index (χ0n) is 14.3. The molecule has 1 aromatic carbocycles. The second-order valence-electron chi connectivity index (χ2n) is 6.98. The summed E-state index contributed by atoms with van der Waals surface area (Å²) in [7, 11) is -3.15. The average molecular weight is 367 g/mol. The summed E-state index contributed by atoms with van der Waals surface area (Å²) in [5, 5.41) is 6.60. The maximum absolute atomic E-state index is 12.0. The molecule has 0 unspecified atom stereocenters. The van der Waals surface area contributed by atoms with Gasteiger partial charge < -0.3 is 5.32 Å². The number of anilines is 1. The molecule has 0 saturated heterocycles. The van der Waals surface area contributed by atoms with Crippen LogP contribution < -0.4 is 10.0 Å². The van der Waals surface area contributed by atoms with Crippen molar-refractivity contribution in [3.05, 3.63) is 29.6 Å². The van der Waals surface area contributed by atoms with Gasteiger partial charge in [0.15, 0.2) is 0 Å². The molecule has 1 heterocycles. The maximum Gasteiger partial charge on any atom is 0.214 e. The first-order valence-corrected chi connectivity index (χ1v) is 11.1. The summed E-state index contributed by atoms with van der Waals surface area (Å²) in [6.07, 6.45) is 4.00. The second-order valence-corrected chi connectivity index (χ2v) is 10.2. The number of rotatable bonds is 6. The molecule has 0 aliphatic heterocycles. The lowest BCUT2D eigenvalue weighted by atomic mass is 9.86. The zero-order valence-corrected chi connectivity index (χ0v) is 15.9. The third-order valence-corrected chi connectivity index (χ3v) is 7.63. The molecule has 1 aromatic heterocycles. The lowest BCUT2D eigenvalue weighted by molar-refractivity contribution is 0.323. The monoisotopic (exact) mass is 366 g/mol. The van der Waals surface area contributed by atoms with Crippen molar-refractivity contribution >= 4 is 37.1 Å². The van der Waals surface area contributed by atoms with Crippen molar-refractivity contribution < 1.29 is 8.42 Å². The predicted octanol–water partition coefficient (Wildman–Crippen LogP) is 4.20. The Hall–Kier alpha value is -1.11. The van der Waals surface area contributed by atoms with Gasteiger partial charge in [0.25, 0.3) is 0 Å². The predicted molar refractivity (Wildman–Crippen MR) is 103 cm³/mol. The minimum atomic E-state index is -3.15. The van der Waals surface area contributed by atoms with Crippen LogP contribution in [0, 0.1) is 5.92 Å². The van der Waals surface area contributed by atoms with E-state index in [4.69, 9.17) is 0 Å². The van der Waals surface area contributed by atoms with E-state index in [-0.39, 0.29) is 11.3 Å². The van der Waals surface area contributed by atoms with Gasteiger partial charge >= 0.3 is 0 Å². The van der Waals surface area contributed by atoms with Crippen LogP contribution in [0.2, 0.25) is 0 Å². The van der Waals surface area contributed by atoms with E-state index >= 15 is 0 Å². The summed E-state index contributed by atoms with van der Waals surface area (Å²) >= 11 is 1.77. The van der Waals surface area contributed by atoms with Gasteiger partial charge in [-0.25, -0.2) is 13.1 Å². The van der Waals surface area contributed by atoms with Gasteiger partial charge in [-0.15, -0.1) is 11.3 Å². The molecule has 2 aromatic rings. The topological polar surface area (TPSA) is 58.2 Å². The highest BCUT2D eigenvalue weighted by Gasteiger charge is 2.26. The summed E-state index contributed by atoms with van der Waals surface area (Å²) in [4.78, 5) is 0. The molecule has 132 valence electrons. The van der Waals surface area contributed by atoms with E-state index in [9.17, 15) is 8.42 Å². The van der Waals surface area contributed by atoms with Crippen molar-refractivity contribution in [2.24, 2.45) is 5.92 Å². The van der Waals surface area contributed by atoms with E-state index in [1.54, 1.807) is 25.2 Å².